The van der Waals surface area contributed by atoms with Gasteiger partial charge in [0.25, 0.3) is 5.56 Å². The SMILES string of the molecule is Cc1nnc(SCc2cc(=O)n3c(C)csc3n2)n1Cc1ccccc1. The lowest BCUT2D eigenvalue weighted by Crippen LogP contribution is -2.14. The van der Waals surface area contributed by atoms with E-state index < -0.39 is 0 Å². The van der Waals surface area contributed by atoms with Gasteiger partial charge < -0.3 is 4.57 Å². The van der Waals surface area contributed by atoms with Gasteiger partial charge in [-0.25, -0.2) is 4.98 Å². The predicted octanol–water partition coefficient (Wildman–Crippen LogP) is 3.30. The summed E-state index contributed by atoms with van der Waals surface area (Å²) in [4.78, 5) is 17.6. The van der Waals surface area contributed by atoms with E-state index in [2.05, 4.69) is 31.9 Å². The van der Waals surface area contributed by atoms with Gasteiger partial charge in [0, 0.05) is 22.9 Å². The summed E-state index contributed by atoms with van der Waals surface area (Å²) in [6.45, 7) is 4.59. The van der Waals surface area contributed by atoms with E-state index in [9.17, 15) is 4.79 Å². The fraction of sp³-hybridized carbons (Fsp3) is 0.222. The smallest absolute Gasteiger partial charge is 0.258 e. The molecular weight excluding hydrogens is 366 g/mol. The molecule has 0 bridgehead atoms. The standard InChI is InChI=1S/C18H17N5OS2/c1-12-10-25-17-19-15(8-16(24)23(12)17)11-26-18-21-20-13(2)22(18)9-14-6-4-3-5-7-14/h3-8,10H,9,11H2,1-2H3. The first-order valence-corrected chi connectivity index (χ1v) is 10.0. The molecule has 4 rings (SSSR count). The van der Waals surface area contributed by atoms with E-state index in [-0.39, 0.29) is 5.56 Å². The van der Waals surface area contributed by atoms with Crippen LogP contribution >= 0.6 is 23.1 Å². The van der Waals surface area contributed by atoms with E-state index in [0.29, 0.717) is 5.75 Å². The van der Waals surface area contributed by atoms with Crippen molar-refractivity contribution < 1.29 is 0 Å². The molecule has 0 unspecified atom stereocenters. The zero-order valence-corrected chi connectivity index (χ0v) is 16.0. The summed E-state index contributed by atoms with van der Waals surface area (Å²) >= 11 is 3.03. The van der Waals surface area contributed by atoms with Gasteiger partial charge in [0.2, 0.25) is 0 Å². The van der Waals surface area contributed by atoms with Crippen LogP contribution in [0.3, 0.4) is 0 Å². The Hall–Kier alpha value is -2.45. The molecule has 0 saturated heterocycles. The van der Waals surface area contributed by atoms with Crippen LogP contribution in [0.1, 0.15) is 22.8 Å². The van der Waals surface area contributed by atoms with Crippen LogP contribution in [-0.4, -0.2) is 24.1 Å². The third-order valence-electron chi connectivity index (χ3n) is 4.06. The molecule has 0 atom stereocenters. The second kappa shape index (κ2) is 7.05. The van der Waals surface area contributed by atoms with Crippen LogP contribution in [0.2, 0.25) is 0 Å². The van der Waals surface area contributed by atoms with E-state index in [0.717, 1.165) is 33.9 Å². The van der Waals surface area contributed by atoms with Crippen molar-refractivity contribution in [2.24, 2.45) is 0 Å². The molecule has 0 spiro atoms. The number of aromatic nitrogens is 5. The molecule has 0 aliphatic rings. The summed E-state index contributed by atoms with van der Waals surface area (Å²) in [7, 11) is 0. The summed E-state index contributed by atoms with van der Waals surface area (Å²) < 4.78 is 3.72. The minimum atomic E-state index is -0.0358. The molecule has 0 fully saturated rings. The quantitative estimate of drug-likeness (QED) is 0.495. The second-order valence-corrected chi connectivity index (χ2v) is 7.75. The van der Waals surface area contributed by atoms with Crippen LogP contribution in [-0.2, 0) is 12.3 Å². The van der Waals surface area contributed by atoms with Crippen molar-refractivity contribution in [3.8, 4) is 0 Å². The first kappa shape index (κ1) is 17.0. The Kier molecular flexibility index (Phi) is 4.60. The van der Waals surface area contributed by atoms with Crippen LogP contribution in [0.15, 0.2) is 51.7 Å². The molecule has 0 radical (unpaired) electrons. The van der Waals surface area contributed by atoms with Crippen LogP contribution in [0.4, 0.5) is 0 Å². The molecule has 8 heteroatoms. The van der Waals surface area contributed by atoms with Gasteiger partial charge in [-0.1, -0.05) is 42.1 Å². The van der Waals surface area contributed by atoms with E-state index in [4.69, 9.17) is 0 Å². The molecule has 0 aliphatic carbocycles. The number of hydrogen-bond donors (Lipinski definition) is 0. The first-order valence-electron chi connectivity index (χ1n) is 8.15. The number of thioether (sulfide) groups is 1. The highest BCUT2D eigenvalue weighted by Crippen LogP contribution is 2.22. The van der Waals surface area contributed by atoms with Crippen molar-refractivity contribution in [1.82, 2.24) is 24.1 Å². The minimum Gasteiger partial charge on any atom is -0.302 e. The van der Waals surface area contributed by atoms with Crippen LogP contribution in [0.25, 0.3) is 4.96 Å². The number of hydrogen-bond acceptors (Lipinski definition) is 6. The zero-order valence-electron chi connectivity index (χ0n) is 14.4. The Labute approximate surface area is 158 Å². The van der Waals surface area contributed by atoms with Crippen molar-refractivity contribution in [3.05, 3.63) is 74.9 Å². The van der Waals surface area contributed by atoms with E-state index in [1.807, 2.05) is 37.4 Å². The lowest BCUT2D eigenvalue weighted by Gasteiger charge is -2.08. The molecule has 0 amide bonds. The number of thiazole rings is 1. The molecule has 3 aromatic heterocycles. The van der Waals surface area contributed by atoms with Crippen LogP contribution in [0.5, 0.6) is 0 Å². The average molecular weight is 384 g/mol. The topological polar surface area (TPSA) is 65.1 Å². The number of aryl methyl sites for hydroxylation is 2. The van der Waals surface area contributed by atoms with Gasteiger partial charge in [0.15, 0.2) is 10.1 Å². The van der Waals surface area contributed by atoms with Gasteiger partial charge in [0.1, 0.15) is 5.82 Å². The molecule has 0 saturated carbocycles. The maximum absolute atomic E-state index is 12.3. The number of fused-ring (bicyclic) bond motifs is 1. The van der Waals surface area contributed by atoms with E-state index in [1.54, 1.807) is 22.2 Å². The molecule has 0 aliphatic heterocycles. The molecule has 0 N–H and O–H groups in total. The Morgan fingerprint density at radius 3 is 2.77 bits per heavy atom. The molecule has 26 heavy (non-hydrogen) atoms. The third kappa shape index (κ3) is 3.30. The minimum absolute atomic E-state index is 0.0358. The largest absolute Gasteiger partial charge is 0.302 e. The Morgan fingerprint density at radius 2 is 1.96 bits per heavy atom. The highest BCUT2D eigenvalue weighted by Gasteiger charge is 2.12. The maximum atomic E-state index is 12.3. The summed E-state index contributed by atoms with van der Waals surface area (Å²) in [5, 5.41) is 11.3. The highest BCUT2D eigenvalue weighted by molar-refractivity contribution is 7.98. The number of nitrogens with zero attached hydrogens (tertiary/aromatic N) is 5. The molecule has 4 aromatic rings. The number of rotatable bonds is 5. The lowest BCUT2D eigenvalue weighted by molar-refractivity contribution is 0.688. The second-order valence-electron chi connectivity index (χ2n) is 5.97. The fourth-order valence-corrected chi connectivity index (χ4v) is 4.50. The van der Waals surface area contributed by atoms with Gasteiger partial charge in [0.05, 0.1) is 12.2 Å². The maximum Gasteiger partial charge on any atom is 0.258 e. The van der Waals surface area contributed by atoms with Crippen molar-refractivity contribution in [2.75, 3.05) is 0 Å². The monoisotopic (exact) mass is 383 g/mol. The average Bonchev–Trinajstić information content (AvgIpc) is 3.18. The summed E-state index contributed by atoms with van der Waals surface area (Å²) in [6.07, 6.45) is 0. The highest BCUT2D eigenvalue weighted by atomic mass is 32.2. The van der Waals surface area contributed by atoms with Crippen LogP contribution in [0, 0.1) is 13.8 Å². The van der Waals surface area contributed by atoms with Gasteiger partial charge in [-0.3, -0.25) is 9.20 Å². The normalized spacial score (nSPS) is 11.3. The third-order valence-corrected chi connectivity index (χ3v) is 6.01. The first-order chi connectivity index (χ1) is 12.6. The van der Waals surface area contributed by atoms with Crippen molar-refractivity contribution in [2.45, 2.75) is 31.3 Å². The Balaban J connectivity index is 1.56. The van der Waals surface area contributed by atoms with Gasteiger partial charge in [-0.2, -0.15) is 0 Å². The lowest BCUT2D eigenvalue weighted by atomic mass is 10.2. The molecular formula is C18H17N5OS2. The van der Waals surface area contributed by atoms with E-state index >= 15 is 0 Å². The van der Waals surface area contributed by atoms with Crippen LogP contribution < -0.4 is 5.56 Å². The Bertz CT molecular complexity index is 1110. The Morgan fingerprint density at radius 1 is 1.15 bits per heavy atom. The van der Waals surface area contributed by atoms with E-state index in [1.165, 1.54) is 16.9 Å². The molecule has 6 nitrogen and oxygen atoms in total. The molecule has 3 heterocycles. The zero-order chi connectivity index (χ0) is 18.1. The summed E-state index contributed by atoms with van der Waals surface area (Å²) in [6, 6.07) is 11.8. The number of benzene rings is 1. The predicted molar refractivity (Wildman–Crippen MR) is 104 cm³/mol. The summed E-state index contributed by atoms with van der Waals surface area (Å²) in [5.41, 5.74) is 2.84. The van der Waals surface area contributed by atoms with Crippen molar-refractivity contribution >= 4 is 28.1 Å². The van der Waals surface area contributed by atoms with Crippen molar-refractivity contribution in [3.63, 3.8) is 0 Å². The van der Waals surface area contributed by atoms with Gasteiger partial charge >= 0.3 is 0 Å². The van der Waals surface area contributed by atoms with Crippen molar-refractivity contribution in [1.29, 1.82) is 0 Å². The molecule has 132 valence electrons. The van der Waals surface area contributed by atoms with Gasteiger partial charge in [-0.15, -0.1) is 21.5 Å². The fourth-order valence-electron chi connectivity index (χ4n) is 2.73. The summed E-state index contributed by atoms with van der Waals surface area (Å²) in [5.74, 6) is 1.45. The molecule has 1 aromatic carbocycles. The van der Waals surface area contributed by atoms with Gasteiger partial charge in [-0.05, 0) is 19.4 Å².